The van der Waals surface area contributed by atoms with Crippen LogP contribution >= 0.6 is 11.8 Å². The summed E-state index contributed by atoms with van der Waals surface area (Å²) in [5.74, 6) is 0.587. The molecule has 2 amide bonds. The number of pyridine rings is 1. The summed E-state index contributed by atoms with van der Waals surface area (Å²) in [6, 6.07) is 9.88. The number of esters is 1. The number of nitrogens with one attached hydrogen (secondary N) is 2. The van der Waals surface area contributed by atoms with E-state index >= 15 is 0 Å². The Labute approximate surface area is 210 Å². The van der Waals surface area contributed by atoms with Crippen molar-refractivity contribution in [1.82, 2.24) is 15.6 Å². The average Bonchev–Trinajstić information content (AvgIpc) is 3.30. The highest BCUT2D eigenvalue weighted by molar-refractivity contribution is 8.00. The van der Waals surface area contributed by atoms with Crippen LogP contribution in [0.5, 0.6) is 0 Å². The zero-order chi connectivity index (χ0) is 25.4. The molecule has 0 radical (unpaired) electrons. The second-order valence-electron chi connectivity index (χ2n) is 10.4. The van der Waals surface area contributed by atoms with Gasteiger partial charge in [0, 0.05) is 28.8 Å². The number of aromatic nitrogens is 1. The minimum absolute atomic E-state index is 0.0325. The normalized spacial score (nSPS) is 19.9. The van der Waals surface area contributed by atoms with Gasteiger partial charge < -0.3 is 10.1 Å². The van der Waals surface area contributed by atoms with Crippen LogP contribution in [0.15, 0.2) is 42.6 Å². The summed E-state index contributed by atoms with van der Waals surface area (Å²) in [7, 11) is 0. The molecule has 186 valence electrons. The summed E-state index contributed by atoms with van der Waals surface area (Å²) < 4.78 is 5.32. The minimum Gasteiger partial charge on any atom is -0.458 e. The van der Waals surface area contributed by atoms with E-state index in [0.29, 0.717) is 23.8 Å². The van der Waals surface area contributed by atoms with Crippen molar-refractivity contribution < 1.29 is 19.1 Å². The Kier molecular flexibility index (Phi) is 6.92. The van der Waals surface area contributed by atoms with Crippen LogP contribution in [0.3, 0.4) is 0 Å². The molecule has 2 aliphatic rings. The summed E-state index contributed by atoms with van der Waals surface area (Å²) >= 11 is 1.67. The van der Waals surface area contributed by atoms with E-state index in [0.717, 1.165) is 11.1 Å². The summed E-state index contributed by atoms with van der Waals surface area (Å²) in [5.41, 5.74) is 1.77. The molecule has 8 nitrogen and oxygen atoms in total. The van der Waals surface area contributed by atoms with Crippen LogP contribution in [-0.4, -0.2) is 51.1 Å². The van der Waals surface area contributed by atoms with Crippen LogP contribution in [0.1, 0.15) is 45.7 Å². The lowest BCUT2D eigenvalue weighted by molar-refractivity contribution is -0.158. The molecular formula is C26H32N4O4S. The molecule has 35 heavy (non-hydrogen) atoms. The molecule has 0 saturated carbocycles. The first-order valence-electron chi connectivity index (χ1n) is 11.7. The Balaban J connectivity index is 1.52. The SMILES string of the molecule is CC(C)(C)OC(=O)[C@H](Cc1ccc(N2C(=O)Cc3cccnc32)cc1)NC(=O)[C@H]1NCSC1(C)C. The van der Waals surface area contributed by atoms with Gasteiger partial charge in [-0.15, -0.1) is 11.8 Å². The number of anilines is 2. The van der Waals surface area contributed by atoms with E-state index in [1.165, 1.54) is 0 Å². The standard InChI is InChI=1S/C26H32N4O4S/c1-25(2,3)34-24(33)19(29-23(32)21-26(4,5)35-15-28-21)13-16-8-10-18(11-9-16)30-20(31)14-17-7-6-12-27-22(17)30/h6-12,19,21,28H,13-15H2,1-5H3,(H,29,32)/t19-,21+/m0/s1. The zero-order valence-corrected chi connectivity index (χ0v) is 21.6. The van der Waals surface area contributed by atoms with Gasteiger partial charge in [0.15, 0.2) is 0 Å². The fourth-order valence-electron chi connectivity index (χ4n) is 4.28. The number of hydrogen-bond donors (Lipinski definition) is 2. The number of nitrogens with zero attached hydrogens (tertiary/aromatic N) is 2. The van der Waals surface area contributed by atoms with Gasteiger partial charge in [-0.05, 0) is 58.4 Å². The monoisotopic (exact) mass is 496 g/mol. The van der Waals surface area contributed by atoms with Crippen LogP contribution in [0.4, 0.5) is 11.5 Å². The quantitative estimate of drug-likeness (QED) is 0.593. The van der Waals surface area contributed by atoms with Crippen LogP contribution < -0.4 is 15.5 Å². The Bertz CT molecular complexity index is 1130. The second-order valence-corrected chi connectivity index (χ2v) is 12.0. The number of fused-ring (bicyclic) bond motifs is 1. The summed E-state index contributed by atoms with van der Waals surface area (Å²) in [5, 5.41) is 6.12. The molecule has 2 atom stereocenters. The molecule has 3 heterocycles. The number of rotatable bonds is 6. The number of carbonyl (C=O) groups is 3. The molecule has 0 spiro atoms. The van der Waals surface area contributed by atoms with Crippen LogP contribution in [0.2, 0.25) is 0 Å². The van der Waals surface area contributed by atoms with Crippen LogP contribution in [0, 0.1) is 0 Å². The number of carbonyl (C=O) groups excluding carboxylic acids is 3. The first-order valence-corrected chi connectivity index (χ1v) is 12.7. The van der Waals surface area contributed by atoms with E-state index in [1.807, 2.05) is 50.2 Å². The number of benzene rings is 1. The fourth-order valence-corrected chi connectivity index (χ4v) is 5.26. The number of hydrogen-bond acceptors (Lipinski definition) is 7. The van der Waals surface area contributed by atoms with E-state index in [-0.39, 0.29) is 23.0 Å². The highest BCUT2D eigenvalue weighted by atomic mass is 32.2. The number of ether oxygens (including phenoxy) is 1. The molecule has 0 bridgehead atoms. The smallest absolute Gasteiger partial charge is 0.329 e. The van der Waals surface area contributed by atoms with Gasteiger partial charge in [-0.2, -0.15) is 0 Å². The molecule has 2 aromatic rings. The molecule has 1 aromatic carbocycles. The molecule has 0 unspecified atom stereocenters. The predicted molar refractivity (Wildman–Crippen MR) is 136 cm³/mol. The third-order valence-electron chi connectivity index (χ3n) is 6.00. The Morgan fingerprint density at radius 1 is 1.26 bits per heavy atom. The summed E-state index contributed by atoms with van der Waals surface area (Å²) in [4.78, 5) is 44.6. The first-order chi connectivity index (χ1) is 16.4. The maximum absolute atomic E-state index is 13.1. The van der Waals surface area contributed by atoms with Gasteiger partial charge in [0.2, 0.25) is 11.8 Å². The second kappa shape index (κ2) is 9.62. The van der Waals surface area contributed by atoms with Crippen molar-refractivity contribution in [3.05, 3.63) is 53.7 Å². The molecule has 1 saturated heterocycles. The van der Waals surface area contributed by atoms with Gasteiger partial charge >= 0.3 is 5.97 Å². The van der Waals surface area contributed by atoms with Crippen molar-refractivity contribution in [3.63, 3.8) is 0 Å². The number of amides is 2. The van der Waals surface area contributed by atoms with Crippen LogP contribution in [0.25, 0.3) is 0 Å². The third kappa shape index (κ3) is 5.67. The van der Waals surface area contributed by atoms with Gasteiger partial charge in [0.1, 0.15) is 23.5 Å². The summed E-state index contributed by atoms with van der Waals surface area (Å²) in [6.07, 6.45) is 2.26. The van der Waals surface area contributed by atoms with Gasteiger partial charge in [-0.25, -0.2) is 9.78 Å². The average molecular weight is 497 g/mol. The van der Waals surface area contributed by atoms with Gasteiger partial charge in [-0.3, -0.25) is 19.8 Å². The van der Waals surface area contributed by atoms with Gasteiger partial charge in [-0.1, -0.05) is 18.2 Å². The largest absolute Gasteiger partial charge is 0.458 e. The fraction of sp³-hybridized carbons (Fsp3) is 0.462. The Hall–Kier alpha value is -2.91. The van der Waals surface area contributed by atoms with Crippen molar-refractivity contribution >= 4 is 41.1 Å². The van der Waals surface area contributed by atoms with Crippen molar-refractivity contribution in [2.24, 2.45) is 0 Å². The van der Waals surface area contributed by atoms with E-state index in [4.69, 9.17) is 4.74 Å². The predicted octanol–water partition coefficient (Wildman–Crippen LogP) is 3.11. The van der Waals surface area contributed by atoms with Gasteiger partial charge in [0.25, 0.3) is 0 Å². The summed E-state index contributed by atoms with van der Waals surface area (Å²) in [6.45, 7) is 9.42. The van der Waals surface area contributed by atoms with Crippen molar-refractivity contribution in [2.75, 3.05) is 10.8 Å². The van der Waals surface area contributed by atoms with E-state index in [9.17, 15) is 14.4 Å². The highest BCUT2D eigenvalue weighted by Gasteiger charge is 2.41. The first kappa shape index (κ1) is 25.2. The topological polar surface area (TPSA) is 101 Å². The van der Waals surface area contributed by atoms with Gasteiger partial charge in [0.05, 0.1) is 12.1 Å². The molecular weight excluding hydrogens is 464 g/mol. The lowest BCUT2D eigenvalue weighted by atomic mass is 10.0. The van der Waals surface area contributed by atoms with Crippen molar-refractivity contribution in [2.45, 2.75) is 69.9 Å². The van der Waals surface area contributed by atoms with Crippen molar-refractivity contribution in [1.29, 1.82) is 0 Å². The Morgan fingerprint density at radius 2 is 1.97 bits per heavy atom. The van der Waals surface area contributed by atoms with Crippen molar-refractivity contribution in [3.8, 4) is 0 Å². The molecule has 2 N–H and O–H groups in total. The minimum atomic E-state index is -0.841. The zero-order valence-electron chi connectivity index (χ0n) is 20.8. The Morgan fingerprint density at radius 3 is 2.60 bits per heavy atom. The molecule has 2 aliphatic heterocycles. The maximum atomic E-state index is 13.1. The number of thioether (sulfide) groups is 1. The molecule has 4 rings (SSSR count). The molecule has 1 fully saturated rings. The third-order valence-corrected chi connectivity index (χ3v) is 7.29. The molecule has 9 heteroatoms. The molecule has 0 aliphatic carbocycles. The van der Waals surface area contributed by atoms with E-state index in [2.05, 4.69) is 15.6 Å². The lowest BCUT2D eigenvalue weighted by Crippen LogP contribution is -2.55. The highest BCUT2D eigenvalue weighted by Crippen LogP contribution is 2.34. The maximum Gasteiger partial charge on any atom is 0.329 e. The van der Waals surface area contributed by atoms with Crippen LogP contribution in [-0.2, 0) is 32.0 Å². The van der Waals surface area contributed by atoms with E-state index in [1.54, 1.807) is 43.6 Å². The lowest BCUT2D eigenvalue weighted by Gasteiger charge is -2.28. The van der Waals surface area contributed by atoms with E-state index < -0.39 is 23.7 Å². The molecule has 1 aromatic heterocycles.